The number of nitrogens with zero attached hydrogens (tertiary/aromatic N) is 5. The Balaban J connectivity index is 1.70. The summed E-state index contributed by atoms with van der Waals surface area (Å²) >= 11 is 1.15. The molecule has 2 aromatic heterocycles. The molecule has 0 aliphatic heterocycles. The van der Waals surface area contributed by atoms with Crippen molar-refractivity contribution in [1.82, 2.24) is 24.7 Å². The first-order valence-electron chi connectivity index (χ1n) is 7.76. The van der Waals surface area contributed by atoms with Crippen molar-refractivity contribution >= 4 is 23.4 Å². The van der Waals surface area contributed by atoms with E-state index in [1.807, 2.05) is 0 Å². The second-order valence-corrected chi connectivity index (χ2v) is 6.20. The van der Waals surface area contributed by atoms with Crippen LogP contribution in [-0.4, -0.2) is 36.4 Å². The Hall–Kier alpha value is -3.14. The van der Waals surface area contributed by atoms with Crippen molar-refractivity contribution in [1.29, 1.82) is 0 Å². The fourth-order valence-corrected chi connectivity index (χ4v) is 2.94. The molecule has 10 heteroatoms. The number of thioether (sulfide) groups is 1. The zero-order chi connectivity index (χ0) is 19.2. The van der Waals surface area contributed by atoms with Gasteiger partial charge in [-0.1, -0.05) is 17.8 Å². The van der Waals surface area contributed by atoms with Gasteiger partial charge in [-0.2, -0.15) is 0 Å². The van der Waals surface area contributed by atoms with E-state index in [1.165, 1.54) is 6.07 Å². The first-order chi connectivity index (χ1) is 13.1. The lowest BCUT2D eigenvalue weighted by atomic mass is 10.3. The van der Waals surface area contributed by atoms with Crippen molar-refractivity contribution in [2.24, 2.45) is 0 Å². The van der Waals surface area contributed by atoms with Gasteiger partial charge in [0.2, 0.25) is 5.91 Å². The van der Waals surface area contributed by atoms with E-state index >= 15 is 0 Å². The molecule has 1 aromatic carbocycles. The smallest absolute Gasteiger partial charge is 0.234 e. The lowest BCUT2D eigenvalue weighted by Gasteiger charge is -2.08. The van der Waals surface area contributed by atoms with E-state index < -0.39 is 11.6 Å². The van der Waals surface area contributed by atoms with Crippen LogP contribution in [0.2, 0.25) is 0 Å². The second kappa shape index (κ2) is 8.49. The predicted octanol–water partition coefficient (Wildman–Crippen LogP) is 2.93. The molecule has 138 valence electrons. The third-order valence-electron chi connectivity index (χ3n) is 3.36. The molecule has 3 rings (SSSR count). The number of aromatic nitrogens is 5. The molecule has 0 saturated carbocycles. The van der Waals surface area contributed by atoms with Crippen molar-refractivity contribution < 1.29 is 13.6 Å². The molecule has 2 heterocycles. The molecule has 1 N–H and O–H groups in total. The van der Waals surface area contributed by atoms with Crippen LogP contribution in [0.25, 0.3) is 11.5 Å². The van der Waals surface area contributed by atoms with Crippen LogP contribution in [-0.2, 0) is 11.3 Å². The molecule has 0 bridgehead atoms. The average Bonchev–Trinajstić information content (AvgIpc) is 3.07. The molecule has 7 nitrogen and oxygen atoms in total. The van der Waals surface area contributed by atoms with E-state index in [4.69, 9.17) is 0 Å². The Morgan fingerprint density at radius 2 is 2.11 bits per heavy atom. The van der Waals surface area contributed by atoms with Crippen LogP contribution in [0.5, 0.6) is 0 Å². The average molecular weight is 388 g/mol. The van der Waals surface area contributed by atoms with E-state index in [2.05, 4.69) is 32.1 Å². The number of hydrogen-bond acceptors (Lipinski definition) is 6. The summed E-state index contributed by atoms with van der Waals surface area (Å²) < 4.78 is 27.9. The summed E-state index contributed by atoms with van der Waals surface area (Å²) in [5, 5.41) is 11.2. The molecule has 0 spiro atoms. The van der Waals surface area contributed by atoms with Gasteiger partial charge in [0.15, 0.2) is 22.6 Å². The molecule has 1 amide bonds. The highest BCUT2D eigenvalue weighted by Gasteiger charge is 2.16. The van der Waals surface area contributed by atoms with Crippen LogP contribution >= 0.6 is 11.8 Å². The van der Waals surface area contributed by atoms with Gasteiger partial charge >= 0.3 is 0 Å². The first-order valence-corrected chi connectivity index (χ1v) is 8.75. The summed E-state index contributed by atoms with van der Waals surface area (Å²) in [6, 6.07) is 3.16. The van der Waals surface area contributed by atoms with Gasteiger partial charge in [0, 0.05) is 30.7 Å². The van der Waals surface area contributed by atoms with E-state index in [0.717, 1.165) is 23.9 Å². The van der Waals surface area contributed by atoms with Crippen molar-refractivity contribution in [3.63, 3.8) is 0 Å². The molecule has 0 aliphatic carbocycles. The Morgan fingerprint density at radius 1 is 1.26 bits per heavy atom. The number of hydrogen-bond donors (Lipinski definition) is 1. The monoisotopic (exact) mass is 388 g/mol. The maximum atomic E-state index is 13.2. The van der Waals surface area contributed by atoms with Gasteiger partial charge in [-0.05, 0) is 12.1 Å². The summed E-state index contributed by atoms with van der Waals surface area (Å²) in [7, 11) is 0. The van der Waals surface area contributed by atoms with Crippen LogP contribution in [0.1, 0.15) is 0 Å². The largest absolute Gasteiger partial charge is 0.325 e. The minimum absolute atomic E-state index is 0.00867. The SMILES string of the molecule is C=CCn1c(SCC(=O)Nc2ccc(F)c(F)c2)nnc1-c1cnccn1. The predicted molar refractivity (Wildman–Crippen MR) is 97.0 cm³/mol. The van der Waals surface area contributed by atoms with Crippen LogP contribution < -0.4 is 5.32 Å². The second-order valence-electron chi connectivity index (χ2n) is 5.26. The fourth-order valence-electron chi connectivity index (χ4n) is 2.19. The van der Waals surface area contributed by atoms with Crippen LogP contribution in [0.3, 0.4) is 0 Å². The van der Waals surface area contributed by atoms with Gasteiger partial charge < -0.3 is 5.32 Å². The van der Waals surface area contributed by atoms with E-state index in [9.17, 15) is 13.6 Å². The molecule has 0 aliphatic rings. The third-order valence-corrected chi connectivity index (χ3v) is 4.32. The number of allylic oxidation sites excluding steroid dienone is 1. The molecule has 0 radical (unpaired) electrons. The fraction of sp³-hybridized carbons (Fsp3) is 0.118. The van der Waals surface area contributed by atoms with Crippen molar-refractivity contribution in [3.8, 4) is 11.5 Å². The number of halogens is 2. The molecule has 0 unspecified atom stereocenters. The Kier molecular flexibility index (Phi) is 5.87. The highest BCUT2D eigenvalue weighted by atomic mass is 32.2. The Morgan fingerprint density at radius 3 is 2.81 bits per heavy atom. The summed E-state index contributed by atoms with van der Waals surface area (Å²) in [6.45, 7) is 4.13. The third kappa shape index (κ3) is 4.53. The minimum atomic E-state index is -1.03. The summed E-state index contributed by atoms with van der Waals surface area (Å²) in [4.78, 5) is 20.3. The highest BCUT2D eigenvalue weighted by molar-refractivity contribution is 7.99. The minimum Gasteiger partial charge on any atom is -0.325 e. The summed E-state index contributed by atoms with van der Waals surface area (Å²) in [5.41, 5.74) is 0.720. The Labute approximate surface area is 157 Å². The number of benzene rings is 1. The lowest BCUT2D eigenvalue weighted by Crippen LogP contribution is -2.15. The van der Waals surface area contributed by atoms with Crippen LogP contribution in [0.4, 0.5) is 14.5 Å². The quantitative estimate of drug-likeness (QED) is 0.495. The Bertz CT molecular complexity index is 963. The number of amides is 1. The van der Waals surface area contributed by atoms with Gasteiger partial charge in [0.05, 0.1) is 11.9 Å². The highest BCUT2D eigenvalue weighted by Crippen LogP contribution is 2.23. The zero-order valence-corrected chi connectivity index (χ0v) is 14.8. The maximum absolute atomic E-state index is 13.2. The number of rotatable bonds is 7. The molecular formula is C17H14F2N6OS. The van der Waals surface area contributed by atoms with E-state index in [1.54, 1.807) is 29.2 Å². The molecule has 3 aromatic rings. The van der Waals surface area contributed by atoms with Crippen LogP contribution in [0.15, 0.2) is 54.6 Å². The number of anilines is 1. The molecule has 27 heavy (non-hydrogen) atoms. The molecule has 0 fully saturated rings. The normalized spacial score (nSPS) is 10.6. The van der Waals surface area contributed by atoms with Crippen molar-refractivity contribution in [2.45, 2.75) is 11.7 Å². The molecule has 0 atom stereocenters. The van der Waals surface area contributed by atoms with Gasteiger partial charge in [0.1, 0.15) is 5.69 Å². The van der Waals surface area contributed by atoms with Gasteiger partial charge in [-0.15, -0.1) is 16.8 Å². The van der Waals surface area contributed by atoms with Gasteiger partial charge in [-0.3, -0.25) is 14.3 Å². The summed E-state index contributed by atoms with van der Waals surface area (Å²) in [6.07, 6.45) is 6.34. The van der Waals surface area contributed by atoms with Gasteiger partial charge in [0.25, 0.3) is 0 Å². The topological polar surface area (TPSA) is 85.6 Å². The van der Waals surface area contributed by atoms with Gasteiger partial charge in [-0.25, -0.2) is 13.8 Å². The standard InChI is InChI=1S/C17H14F2N6OS/c1-2-7-25-16(14-9-20-5-6-21-14)23-24-17(25)27-10-15(26)22-11-3-4-12(18)13(19)8-11/h2-6,8-9H,1,7,10H2,(H,22,26). The number of carbonyl (C=O) groups is 1. The zero-order valence-electron chi connectivity index (χ0n) is 14.0. The van der Waals surface area contributed by atoms with Crippen LogP contribution in [0, 0.1) is 11.6 Å². The van der Waals surface area contributed by atoms with Crippen molar-refractivity contribution in [3.05, 3.63) is 61.1 Å². The molecular weight excluding hydrogens is 374 g/mol. The number of carbonyl (C=O) groups excluding carboxylic acids is 1. The van der Waals surface area contributed by atoms with Crippen molar-refractivity contribution in [2.75, 3.05) is 11.1 Å². The molecule has 0 saturated heterocycles. The van der Waals surface area contributed by atoms with E-state index in [0.29, 0.717) is 23.2 Å². The maximum Gasteiger partial charge on any atom is 0.234 e. The first kappa shape index (κ1) is 18.6. The van der Waals surface area contributed by atoms with E-state index in [-0.39, 0.29) is 17.3 Å². The lowest BCUT2D eigenvalue weighted by molar-refractivity contribution is -0.113. The number of nitrogens with one attached hydrogen (secondary N) is 1. The summed E-state index contributed by atoms with van der Waals surface area (Å²) in [5.74, 6) is -1.88.